The number of carbonyl (C=O) groups is 1. The molecule has 3 rings (SSSR count). The number of halogens is 1. The summed E-state index contributed by atoms with van der Waals surface area (Å²) in [6.07, 6.45) is 3.11. The van der Waals surface area contributed by atoms with E-state index in [0.717, 1.165) is 0 Å². The molecular weight excluding hydrogens is 390 g/mol. The number of anilines is 1. The molecule has 0 atom stereocenters. The first-order valence-electron chi connectivity index (χ1n) is 8.28. The number of carbonyl (C=O) groups excluding carboxylic acids is 1. The van der Waals surface area contributed by atoms with Crippen molar-refractivity contribution < 1.29 is 13.2 Å². The second kappa shape index (κ2) is 7.63. The number of nitrogens with zero attached hydrogens (tertiary/aromatic N) is 4. The number of amides is 1. The molecule has 0 unspecified atom stereocenters. The molecule has 0 saturated carbocycles. The van der Waals surface area contributed by atoms with E-state index >= 15 is 0 Å². The van der Waals surface area contributed by atoms with Crippen LogP contribution in [0.5, 0.6) is 0 Å². The maximum Gasteiger partial charge on any atom is 0.256 e. The van der Waals surface area contributed by atoms with E-state index in [9.17, 15) is 13.2 Å². The summed E-state index contributed by atoms with van der Waals surface area (Å²) in [5.41, 5.74) is 0.746. The van der Waals surface area contributed by atoms with Gasteiger partial charge in [-0.2, -0.15) is 13.9 Å². The molecule has 1 aromatic carbocycles. The van der Waals surface area contributed by atoms with Crippen molar-refractivity contribution in [3.05, 3.63) is 53.3 Å². The van der Waals surface area contributed by atoms with Crippen LogP contribution in [-0.4, -0.2) is 46.3 Å². The Morgan fingerprint density at radius 1 is 1.19 bits per heavy atom. The highest BCUT2D eigenvalue weighted by Gasteiger charge is 2.25. The van der Waals surface area contributed by atoms with Crippen molar-refractivity contribution in [3.8, 4) is 0 Å². The van der Waals surface area contributed by atoms with Crippen LogP contribution in [0.4, 0.5) is 5.82 Å². The second-order valence-electron chi connectivity index (χ2n) is 5.62. The molecule has 3 aromatic rings. The van der Waals surface area contributed by atoms with Gasteiger partial charge < -0.3 is 5.32 Å². The van der Waals surface area contributed by atoms with E-state index in [1.54, 1.807) is 38.4 Å². The van der Waals surface area contributed by atoms with Gasteiger partial charge in [0.05, 0.1) is 11.2 Å². The number of aromatic nitrogens is 3. The minimum Gasteiger partial charge on any atom is -0.306 e. The predicted molar refractivity (Wildman–Crippen MR) is 102 cm³/mol. The van der Waals surface area contributed by atoms with Gasteiger partial charge >= 0.3 is 0 Å². The SMILES string of the molecule is CCN(CC)S(=O)(=O)c1cc(C(=O)Nc2ccnc3ccnn23)ccc1Cl. The maximum atomic E-state index is 12.8. The summed E-state index contributed by atoms with van der Waals surface area (Å²) in [6, 6.07) is 7.46. The number of hydrogen-bond acceptors (Lipinski definition) is 5. The largest absolute Gasteiger partial charge is 0.306 e. The Hall–Kier alpha value is -2.49. The molecular formula is C17H18ClN5O3S. The lowest BCUT2D eigenvalue weighted by Gasteiger charge is -2.19. The maximum absolute atomic E-state index is 12.8. The second-order valence-corrected chi connectivity index (χ2v) is 7.93. The van der Waals surface area contributed by atoms with Crippen LogP contribution in [0.3, 0.4) is 0 Å². The molecule has 0 bridgehead atoms. The van der Waals surface area contributed by atoms with Crippen LogP contribution in [0.25, 0.3) is 5.65 Å². The van der Waals surface area contributed by atoms with Crippen molar-refractivity contribution in [2.75, 3.05) is 18.4 Å². The normalized spacial score (nSPS) is 11.9. The van der Waals surface area contributed by atoms with Gasteiger partial charge in [0.15, 0.2) is 5.65 Å². The molecule has 8 nitrogen and oxygen atoms in total. The van der Waals surface area contributed by atoms with Gasteiger partial charge in [-0.05, 0) is 24.3 Å². The van der Waals surface area contributed by atoms with Crippen LogP contribution < -0.4 is 5.32 Å². The zero-order chi connectivity index (χ0) is 19.6. The average Bonchev–Trinajstić information content (AvgIpc) is 3.12. The molecule has 0 fully saturated rings. The van der Waals surface area contributed by atoms with Gasteiger partial charge in [-0.1, -0.05) is 25.4 Å². The summed E-state index contributed by atoms with van der Waals surface area (Å²) in [5, 5.41) is 6.88. The lowest BCUT2D eigenvalue weighted by atomic mass is 10.2. The van der Waals surface area contributed by atoms with Gasteiger partial charge in [-0.25, -0.2) is 13.4 Å². The lowest BCUT2D eigenvalue weighted by Crippen LogP contribution is -2.31. The monoisotopic (exact) mass is 407 g/mol. The van der Waals surface area contributed by atoms with Gasteiger partial charge in [0.2, 0.25) is 10.0 Å². The standard InChI is InChI=1S/C17H18ClN5O3S/c1-3-22(4-2)27(25,26)14-11-12(5-6-13(14)18)17(24)21-16-7-9-19-15-8-10-20-23(15)16/h5-11H,3-4H2,1-2H3,(H,21,24). The summed E-state index contributed by atoms with van der Waals surface area (Å²) in [4.78, 5) is 16.7. The van der Waals surface area contributed by atoms with Crippen LogP contribution in [0.1, 0.15) is 24.2 Å². The van der Waals surface area contributed by atoms with Crippen molar-refractivity contribution in [3.63, 3.8) is 0 Å². The van der Waals surface area contributed by atoms with E-state index in [1.165, 1.54) is 27.0 Å². The Bertz CT molecular complexity index is 1090. The summed E-state index contributed by atoms with van der Waals surface area (Å²) < 4.78 is 28.3. The van der Waals surface area contributed by atoms with Crippen LogP contribution in [-0.2, 0) is 10.0 Å². The van der Waals surface area contributed by atoms with Crippen LogP contribution in [0.15, 0.2) is 47.6 Å². The number of rotatable bonds is 6. The van der Waals surface area contributed by atoms with Gasteiger partial charge in [0.1, 0.15) is 10.7 Å². The molecule has 0 aliphatic rings. The molecule has 142 valence electrons. The molecule has 1 N–H and O–H groups in total. The highest BCUT2D eigenvalue weighted by Crippen LogP contribution is 2.26. The van der Waals surface area contributed by atoms with Crippen molar-refractivity contribution in [2.45, 2.75) is 18.7 Å². The molecule has 2 heterocycles. The molecule has 1 amide bonds. The van der Waals surface area contributed by atoms with E-state index in [1.807, 2.05) is 0 Å². The van der Waals surface area contributed by atoms with E-state index in [2.05, 4.69) is 15.4 Å². The summed E-state index contributed by atoms with van der Waals surface area (Å²) in [6.45, 7) is 4.09. The van der Waals surface area contributed by atoms with E-state index < -0.39 is 15.9 Å². The summed E-state index contributed by atoms with van der Waals surface area (Å²) >= 11 is 6.11. The molecule has 0 spiro atoms. The first kappa shape index (κ1) is 19.3. The fourth-order valence-electron chi connectivity index (χ4n) is 2.66. The number of benzene rings is 1. The van der Waals surface area contributed by atoms with Gasteiger partial charge in [-0.15, -0.1) is 0 Å². The van der Waals surface area contributed by atoms with Crippen molar-refractivity contribution >= 4 is 39.0 Å². The third-order valence-corrected chi connectivity index (χ3v) is 6.58. The molecule has 10 heteroatoms. The van der Waals surface area contributed by atoms with Gasteiger partial charge in [0.25, 0.3) is 5.91 Å². The molecule has 0 aliphatic carbocycles. The number of hydrogen-bond donors (Lipinski definition) is 1. The third kappa shape index (κ3) is 3.66. The number of nitrogens with one attached hydrogen (secondary N) is 1. The molecule has 0 radical (unpaired) electrons. The van der Waals surface area contributed by atoms with E-state index in [4.69, 9.17) is 11.6 Å². The van der Waals surface area contributed by atoms with Crippen LogP contribution in [0.2, 0.25) is 5.02 Å². The fraction of sp³-hybridized carbons (Fsp3) is 0.235. The Morgan fingerprint density at radius 2 is 1.93 bits per heavy atom. The first-order chi connectivity index (χ1) is 12.9. The Balaban J connectivity index is 1.96. The zero-order valence-corrected chi connectivity index (χ0v) is 16.3. The van der Waals surface area contributed by atoms with Crippen LogP contribution in [0, 0.1) is 0 Å². The first-order valence-corrected chi connectivity index (χ1v) is 10.1. The van der Waals surface area contributed by atoms with Crippen molar-refractivity contribution in [1.82, 2.24) is 18.9 Å². The minimum atomic E-state index is -3.79. The van der Waals surface area contributed by atoms with Gasteiger partial charge in [-0.3, -0.25) is 4.79 Å². The van der Waals surface area contributed by atoms with E-state index in [0.29, 0.717) is 24.6 Å². The number of fused-ring (bicyclic) bond motifs is 1. The van der Waals surface area contributed by atoms with Crippen molar-refractivity contribution in [2.24, 2.45) is 0 Å². The topological polar surface area (TPSA) is 96.7 Å². The Labute approximate surface area is 161 Å². The summed E-state index contributed by atoms with van der Waals surface area (Å²) in [7, 11) is -3.79. The molecule has 0 saturated heterocycles. The van der Waals surface area contributed by atoms with Gasteiger partial charge in [0, 0.05) is 30.9 Å². The smallest absolute Gasteiger partial charge is 0.256 e. The Kier molecular flexibility index (Phi) is 5.45. The lowest BCUT2D eigenvalue weighted by molar-refractivity contribution is 0.102. The summed E-state index contributed by atoms with van der Waals surface area (Å²) in [5.74, 6) is -0.0660. The Morgan fingerprint density at radius 3 is 2.63 bits per heavy atom. The molecule has 0 aliphatic heterocycles. The van der Waals surface area contributed by atoms with E-state index in [-0.39, 0.29) is 15.5 Å². The highest BCUT2D eigenvalue weighted by molar-refractivity contribution is 7.89. The fourth-order valence-corrected chi connectivity index (χ4v) is 4.62. The van der Waals surface area contributed by atoms with Crippen molar-refractivity contribution in [1.29, 1.82) is 0 Å². The molecule has 27 heavy (non-hydrogen) atoms. The van der Waals surface area contributed by atoms with Crippen LogP contribution >= 0.6 is 11.6 Å². The predicted octanol–water partition coefficient (Wildman–Crippen LogP) is 2.67. The minimum absolute atomic E-state index is 0.0665. The molecule has 2 aromatic heterocycles. The average molecular weight is 408 g/mol. The zero-order valence-electron chi connectivity index (χ0n) is 14.8. The quantitative estimate of drug-likeness (QED) is 0.677. The number of sulfonamides is 1. The highest BCUT2D eigenvalue weighted by atomic mass is 35.5. The third-order valence-electron chi connectivity index (χ3n) is 4.05.